The lowest BCUT2D eigenvalue weighted by Gasteiger charge is -2.21. The van der Waals surface area contributed by atoms with Crippen LogP contribution in [0.1, 0.15) is 252 Å². The molecule has 0 heterocycles. The third kappa shape index (κ3) is 70.3. The van der Waals surface area contributed by atoms with Crippen LogP contribution in [0.5, 0.6) is 0 Å². The summed E-state index contributed by atoms with van der Waals surface area (Å²) >= 11 is 0. The molecule has 0 aliphatic rings. The number of aliphatic hydroxyl groups excluding tert-OH is 2. The van der Waals surface area contributed by atoms with Crippen molar-refractivity contribution < 1.29 is 75.8 Å². The first-order valence-electron chi connectivity index (χ1n) is 35.8. The van der Waals surface area contributed by atoms with Crippen molar-refractivity contribution in [3.63, 3.8) is 0 Å². The molecule has 5 atom stereocenters. The van der Waals surface area contributed by atoms with Gasteiger partial charge in [-0.05, 0) is 141 Å². The smallest absolute Gasteiger partial charge is 0.463 e. The van der Waals surface area contributed by atoms with E-state index >= 15 is 0 Å². The summed E-state index contributed by atoms with van der Waals surface area (Å²) in [5.74, 6) is -1.72. The van der Waals surface area contributed by atoms with Gasteiger partial charge >= 0.3 is 33.6 Å². The molecule has 0 aromatic rings. The van der Waals surface area contributed by atoms with E-state index in [4.69, 9.17) is 32.3 Å². The van der Waals surface area contributed by atoms with Gasteiger partial charge in [0, 0.05) is 19.3 Å². The van der Waals surface area contributed by atoms with Gasteiger partial charge in [0.15, 0.2) is 6.10 Å². The Kier molecular flexibility index (Phi) is 65.6. The molecule has 0 aliphatic heterocycles. The average molecular weight is 1370 g/mol. The second kappa shape index (κ2) is 69.1. The molecule has 18 heteroatoms. The third-order valence-corrected chi connectivity index (χ3v) is 16.1. The van der Waals surface area contributed by atoms with Crippen LogP contribution >= 0.6 is 15.6 Å². The molecule has 0 radical (unpaired) electrons. The summed E-state index contributed by atoms with van der Waals surface area (Å²) < 4.78 is 60.9. The predicted octanol–water partition coefficient (Wildman–Crippen LogP) is 20.3. The summed E-state index contributed by atoms with van der Waals surface area (Å²) in [6, 6.07) is 0. The molecule has 0 saturated heterocycles. The number of rotatable bonds is 66. The maximum atomic E-state index is 13.0. The van der Waals surface area contributed by atoms with Gasteiger partial charge in [0.25, 0.3) is 0 Å². The molecule has 0 fully saturated rings. The largest absolute Gasteiger partial charge is 0.472 e. The minimum Gasteiger partial charge on any atom is -0.463 e. The van der Waals surface area contributed by atoms with E-state index in [9.17, 15) is 43.5 Å². The predicted molar refractivity (Wildman–Crippen MR) is 389 cm³/mol. The Morgan fingerprint density at radius 2 is 0.579 bits per heavy atom. The molecule has 0 amide bonds. The van der Waals surface area contributed by atoms with E-state index in [0.29, 0.717) is 25.7 Å². The Labute approximate surface area is 574 Å². The number of carbonyl (C=O) groups is 3. The van der Waals surface area contributed by atoms with Crippen molar-refractivity contribution in [2.75, 3.05) is 39.6 Å². The van der Waals surface area contributed by atoms with Crippen LogP contribution in [0, 0.1) is 0 Å². The van der Waals surface area contributed by atoms with E-state index in [1.54, 1.807) is 0 Å². The zero-order chi connectivity index (χ0) is 69.5. The quantitative estimate of drug-likeness (QED) is 0.0146. The van der Waals surface area contributed by atoms with Crippen molar-refractivity contribution in [3.8, 4) is 0 Å². The molecule has 0 saturated carbocycles. The maximum absolute atomic E-state index is 13.0. The fraction of sp³-hybridized carbons (Fsp3) is 0.623. The van der Waals surface area contributed by atoms with E-state index in [2.05, 4.69) is 161 Å². The molecule has 16 nitrogen and oxygen atoms in total. The van der Waals surface area contributed by atoms with Crippen LogP contribution in [-0.2, 0) is 55.8 Å². The summed E-state index contributed by atoms with van der Waals surface area (Å²) in [5, 5.41) is 20.6. The Morgan fingerprint density at radius 3 is 0.947 bits per heavy atom. The molecule has 540 valence electrons. The molecule has 0 aromatic carbocycles. The summed E-state index contributed by atoms with van der Waals surface area (Å²) in [5.41, 5.74) is 0. The molecule has 0 rings (SSSR count). The first kappa shape index (κ1) is 90.2. The zero-order valence-corrected chi connectivity index (χ0v) is 60.3. The summed E-state index contributed by atoms with van der Waals surface area (Å²) in [6.07, 6.45) is 84.4. The van der Waals surface area contributed by atoms with Crippen molar-refractivity contribution in [3.05, 3.63) is 158 Å². The van der Waals surface area contributed by atoms with Gasteiger partial charge in [-0.3, -0.25) is 32.5 Å². The highest BCUT2D eigenvalue weighted by Gasteiger charge is 2.29. The number of ether oxygens (including phenoxy) is 3. The van der Waals surface area contributed by atoms with Gasteiger partial charge in [-0.25, -0.2) is 9.13 Å². The van der Waals surface area contributed by atoms with Gasteiger partial charge < -0.3 is 34.2 Å². The number of allylic oxidation sites excluding steroid dienone is 26. The van der Waals surface area contributed by atoms with Gasteiger partial charge in [0.05, 0.1) is 26.4 Å². The average Bonchev–Trinajstić information content (AvgIpc) is 1.75. The van der Waals surface area contributed by atoms with Gasteiger partial charge in [-0.2, -0.15) is 0 Å². The second-order valence-electron chi connectivity index (χ2n) is 23.3. The van der Waals surface area contributed by atoms with Crippen molar-refractivity contribution in [2.45, 2.75) is 270 Å². The standard InChI is InChI=1S/C77H126O16P2/c1-4-7-10-13-16-19-22-25-28-31-34-35-38-40-42-45-48-51-54-57-60-63-75(80)87-66-72(78)67-89-94(83,84)90-68-73(79)69-91-95(85,86)92-71-74(93-77(82)65-62-59-56-53-50-47-44-41-37-33-30-27-24-21-18-15-12-9-6-3)70-88-76(81)64-61-58-55-52-49-46-43-39-36-32-29-26-23-20-17-14-11-8-5-2/h8,11,16-21,25-30,34-37,39-42,46,49,55,58,72-74,78-79H,4-7,9-10,12-15,22-24,31-33,38,43-45,47-48,50-54,56-57,59-71H2,1-3H3,(H,83,84)(H,85,86)/b11-8-,19-16-,20-17-,21-18-,28-25-,29-26-,30-27-,35-34-,39-36-,41-37-,42-40-,49-46-,58-55-. The van der Waals surface area contributed by atoms with Gasteiger partial charge in [0.1, 0.15) is 25.4 Å². The number of hydrogen-bond donors (Lipinski definition) is 4. The monoisotopic (exact) mass is 1370 g/mol. The minimum atomic E-state index is -4.96. The van der Waals surface area contributed by atoms with Crippen LogP contribution in [0.2, 0.25) is 0 Å². The van der Waals surface area contributed by atoms with Crippen molar-refractivity contribution in [2.24, 2.45) is 0 Å². The lowest BCUT2D eigenvalue weighted by molar-refractivity contribution is -0.161. The fourth-order valence-electron chi connectivity index (χ4n) is 8.76. The molecule has 0 spiro atoms. The van der Waals surface area contributed by atoms with Crippen molar-refractivity contribution >= 4 is 33.6 Å². The maximum Gasteiger partial charge on any atom is 0.472 e. The highest BCUT2D eigenvalue weighted by Crippen LogP contribution is 2.45. The van der Waals surface area contributed by atoms with Crippen LogP contribution in [0.4, 0.5) is 0 Å². The van der Waals surface area contributed by atoms with Gasteiger partial charge in [0.2, 0.25) is 0 Å². The van der Waals surface area contributed by atoms with E-state index < -0.39 is 91.5 Å². The first-order valence-corrected chi connectivity index (χ1v) is 38.8. The van der Waals surface area contributed by atoms with Gasteiger partial charge in [-0.15, -0.1) is 0 Å². The highest BCUT2D eigenvalue weighted by atomic mass is 31.2. The van der Waals surface area contributed by atoms with E-state index in [0.717, 1.165) is 141 Å². The number of aliphatic hydroxyl groups is 2. The Balaban J connectivity index is 4.81. The van der Waals surface area contributed by atoms with Crippen LogP contribution in [0.15, 0.2) is 158 Å². The summed E-state index contributed by atoms with van der Waals surface area (Å²) in [7, 11) is -9.83. The molecule has 4 N–H and O–H groups in total. The Morgan fingerprint density at radius 1 is 0.305 bits per heavy atom. The lowest BCUT2D eigenvalue weighted by atomic mass is 10.1. The summed E-state index contributed by atoms with van der Waals surface area (Å²) in [6.45, 7) is 2.35. The molecule has 5 unspecified atom stereocenters. The first-order chi connectivity index (χ1) is 46.2. The molecular weight excluding hydrogens is 1240 g/mol. The van der Waals surface area contributed by atoms with Crippen molar-refractivity contribution in [1.82, 2.24) is 0 Å². The number of phosphoric acid groups is 2. The molecule has 0 aliphatic carbocycles. The van der Waals surface area contributed by atoms with Crippen molar-refractivity contribution in [1.29, 1.82) is 0 Å². The van der Waals surface area contributed by atoms with Crippen LogP contribution in [-0.4, -0.2) is 95.9 Å². The second-order valence-corrected chi connectivity index (χ2v) is 26.2. The minimum absolute atomic E-state index is 0.0357. The fourth-order valence-corrected chi connectivity index (χ4v) is 10.3. The normalized spacial score (nSPS) is 15.1. The number of esters is 3. The summed E-state index contributed by atoms with van der Waals surface area (Å²) in [4.78, 5) is 58.5. The van der Waals surface area contributed by atoms with Crippen LogP contribution in [0.3, 0.4) is 0 Å². The van der Waals surface area contributed by atoms with E-state index in [-0.39, 0.29) is 19.3 Å². The third-order valence-electron chi connectivity index (χ3n) is 14.2. The number of hydrogen-bond acceptors (Lipinski definition) is 14. The zero-order valence-electron chi connectivity index (χ0n) is 58.5. The SMILES string of the molecule is CC/C=C\C/C=C\C/C=C\C/C=C\C/C=C\C/C=C\CCC(=O)OCC(COP(=O)(O)OCC(O)COP(=O)(O)OCC(O)COC(=O)CCCCCCC/C=C\C/C=C\C/C=C\C/C=C\CCCCC)OC(=O)CCCCCCCC/C=C\C/C=C\C/C=C\CCCCC. The van der Waals surface area contributed by atoms with Crippen LogP contribution in [0.25, 0.3) is 0 Å². The van der Waals surface area contributed by atoms with E-state index in [1.807, 2.05) is 18.2 Å². The Bertz CT molecular complexity index is 2360. The number of unbranched alkanes of at least 4 members (excludes halogenated alkanes) is 17. The molecule has 95 heavy (non-hydrogen) atoms. The molecule has 0 aromatic heterocycles. The number of carbonyl (C=O) groups excluding carboxylic acids is 3. The van der Waals surface area contributed by atoms with E-state index in [1.165, 1.54) is 44.9 Å². The molecule has 0 bridgehead atoms. The lowest BCUT2D eigenvalue weighted by Crippen LogP contribution is -2.30. The number of phosphoric ester groups is 2. The van der Waals surface area contributed by atoms with Gasteiger partial charge in [-0.1, -0.05) is 249 Å². The van der Waals surface area contributed by atoms with Crippen LogP contribution < -0.4 is 0 Å². The Hall–Kier alpha value is -4.83. The topological polar surface area (TPSA) is 231 Å². The molecular formula is C77H126O16P2. The highest BCUT2D eigenvalue weighted by molar-refractivity contribution is 7.47.